The molecule has 5 heteroatoms. The molecule has 0 unspecified atom stereocenters. The molecule has 4 nitrogen and oxygen atoms in total. The van der Waals surface area contributed by atoms with Gasteiger partial charge in [0.2, 0.25) is 5.91 Å². The number of halogens is 1. The van der Waals surface area contributed by atoms with Crippen LogP contribution in [-0.2, 0) is 16.0 Å². The van der Waals surface area contributed by atoms with Gasteiger partial charge in [-0.15, -0.1) is 0 Å². The van der Waals surface area contributed by atoms with Crippen molar-refractivity contribution in [2.24, 2.45) is 0 Å². The second kappa shape index (κ2) is 7.61. The molecule has 1 amide bonds. The van der Waals surface area contributed by atoms with Crippen LogP contribution < -0.4 is 10.1 Å². The highest BCUT2D eigenvalue weighted by Gasteiger charge is 2.08. The smallest absolute Gasteiger partial charge is 0.330 e. The number of esters is 1. The molecule has 0 aliphatic carbocycles. The molecule has 0 fully saturated rings. The van der Waals surface area contributed by atoms with Gasteiger partial charge in [0.15, 0.2) is 0 Å². The Morgan fingerprint density at radius 3 is 2.55 bits per heavy atom. The second-order valence-corrected chi connectivity index (χ2v) is 5.31. The summed E-state index contributed by atoms with van der Waals surface area (Å²) < 4.78 is 5.11. The third-order valence-electron chi connectivity index (χ3n) is 2.94. The summed E-state index contributed by atoms with van der Waals surface area (Å²) >= 11 is 5.85. The largest absolute Gasteiger partial charge is 0.425 e. The van der Waals surface area contributed by atoms with Gasteiger partial charge in [0.1, 0.15) is 12.3 Å². The number of amides is 1. The van der Waals surface area contributed by atoms with Crippen molar-refractivity contribution in [2.75, 3.05) is 6.54 Å². The average molecular weight is 318 g/mol. The summed E-state index contributed by atoms with van der Waals surface area (Å²) in [4.78, 5) is 23.4. The minimum atomic E-state index is -0.511. The Bertz CT molecular complexity index is 668. The van der Waals surface area contributed by atoms with Crippen molar-refractivity contribution in [2.45, 2.75) is 13.3 Å². The van der Waals surface area contributed by atoms with Crippen LogP contribution in [0.2, 0.25) is 5.02 Å². The Kier molecular flexibility index (Phi) is 5.55. The Labute approximate surface area is 134 Å². The number of nitrogens with one attached hydrogen (secondary N) is 1. The van der Waals surface area contributed by atoms with E-state index in [0.29, 0.717) is 10.8 Å². The molecule has 0 saturated carbocycles. The van der Waals surface area contributed by atoms with E-state index in [1.54, 1.807) is 36.4 Å². The Hall–Kier alpha value is -2.33. The zero-order chi connectivity index (χ0) is 15.9. The molecule has 2 aromatic carbocycles. The van der Waals surface area contributed by atoms with Crippen LogP contribution >= 0.6 is 11.6 Å². The maximum absolute atomic E-state index is 11.8. The first-order valence-electron chi connectivity index (χ1n) is 6.81. The van der Waals surface area contributed by atoms with Gasteiger partial charge in [0, 0.05) is 5.02 Å². The van der Waals surface area contributed by atoms with Gasteiger partial charge in [0.25, 0.3) is 0 Å². The molecule has 0 atom stereocenters. The van der Waals surface area contributed by atoms with E-state index >= 15 is 0 Å². The van der Waals surface area contributed by atoms with Gasteiger partial charge in [0.05, 0.1) is 6.42 Å². The number of benzene rings is 2. The van der Waals surface area contributed by atoms with Crippen LogP contribution in [0.25, 0.3) is 0 Å². The molecule has 0 aliphatic heterocycles. The first-order valence-corrected chi connectivity index (χ1v) is 7.19. The van der Waals surface area contributed by atoms with Crippen molar-refractivity contribution in [3.8, 4) is 5.75 Å². The molecule has 0 saturated heterocycles. The SMILES string of the molecule is Cc1ccc(OC(=O)CNC(=O)Cc2cccc(Cl)c2)cc1. The van der Waals surface area contributed by atoms with Crippen LogP contribution in [-0.4, -0.2) is 18.4 Å². The summed E-state index contributed by atoms with van der Waals surface area (Å²) in [6, 6.07) is 14.1. The Morgan fingerprint density at radius 2 is 1.86 bits per heavy atom. The fourth-order valence-corrected chi connectivity index (χ4v) is 2.05. The van der Waals surface area contributed by atoms with Gasteiger partial charge < -0.3 is 10.1 Å². The monoisotopic (exact) mass is 317 g/mol. The van der Waals surface area contributed by atoms with Crippen molar-refractivity contribution in [1.29, 1.82) is 0 Å². The van der Waals surface area contributed by atoms with Crippen molar-refractivity contribution < 1.29 is 14.3 Å². The third kappa shape index (κ3) is 5.22. The molecule has 0 heterocycles. The molecular weight excluding hydrogens is 302 g/mol. The van der Waals surface area contributed by atoms with E-state index in [1.807, 2.05) is 19.1 Å². The maximum atomic E-state index is 11.8. The molecule has 0 aromatic heterocycles. The minimum absolute atomic E-state index is 0.165. The topological polar surface area (TPSA) is 55.4 Å². The number of rotatable bonds is 5. The molecule has 2 rings (SSSR count). The fourth-order valence-electron chi connectivity index (χ4n) is 1.84. The quantitative estimate of drug-likeness (QED) is 0.681. The highest BCUT2D eigenvalue weighted by Crippen LogP contribution is 2.12. The first-order chi connectivity index (χ1) is 10.5. The van der Waals surface area contributed by atoms with E-state index in [0.717, 1.165) is 11.1 Å². The van der Waals surface area contributed by atoms with E-state index in [-0.39, 0.29) is 18.9 Å². The third-order valence-corrected chi connectivity index (χ3v) is 3.17. The van der Waals surface area contributed by atoms with Gasteiger partial charge in [-0.3, -0.25) is 4.79 Å². The molecule has 2 aromatic rings. The van der Waals surface area contributed by atoms with Crippen molar-refractivity contribution in [1.82, 2.24) is 5.32 Å². The lowest BCUT2D eigenvalue weighted by molar-refractivity contribution is -0.135. The van der Waals surface area contributed by atoms with E-state index in [9.17, 15) is 9.59 Å². The van der Waals surface area contributed by atoms with E-state index in [2.05, 4.69) is 5.32 Å². The predicted molar refractivity (Wildman–Crippen MR) is 85.0 cm³/mol. The molecule has 0 aliphatic rings. The molecule has 0 radical (unpaired) electrons. The van der Waals surface area contributed by atoms with Crippen LogP contribution in [0, 0.1) is 6.92 Å². The van der Waals surface area contributed by atoms with Gasteiger partial charge in [-0.25, -0.2) is 4.79 Å². The van der Waals surface area contributed by atoms with E-state index < -0.39 is 5.97 Å². The van der Waals surface area contributed by atoms with E-state index in [1.165, 1.54) is 0 Å². The molecule has 1 N–H and O–H groups in total. The summed E-state index contributed by atoms with van der Waals surface area (Å²) in [5.74, 6) is -0.314. The first kappa shape index (κ1) is 16.0. The zero-order valence-corrected chi connectivity index (χ0v) is 12.9. The van der Waals surface area contributed by atoms with Crippen molar-refractivity contribution in [3.63, 3.8) is 0 Å². The number of hydrogen-bond donors (Lipinski definition) is 1. The number of carbonyl (C=O) groups excluding carboxylic acids is 2. The lowest BCUT2D eigenvalue weighted by Gasteiger charge is -2.07. The van der Waals surface area contributed by atoms with Crippen LogP contribution in [0.1, 0.15) is 11.1 Å². The Morgan fingerprint density at radius 1 is 1.14 bits per heavy atom. The minimum Gasteiger partial charge on any atom is -0.425 e. The lowest BCUT2D eigenvalue weighted by Crippen LogP contribution is -2.32. The molecule has 22 heavy (non-hydrogen) atoms. The van der Waals surface area contributed by atoms with Crippen LogP contribution in [0.5, 0.6) is 5.75 Å². The van der Waals surface area contributed by atoms with E-state index in [4.69, 9.17) is 16.3 Å². The predicted octanol–water partition coefficient (Wildman–Crippen LogP) is 2.91. The maximum Gasteiger partial charge on any atom is 0.330 e. The van der Waals surface area contributed by atoms with Gasteiger partial charge in [-0.05, 0) is 36.8 Å². The van der Waals surface area contributed by atoms with Crippen LogP contribution in [0.15, 0.2) is 48.5 Å². The summed E-state index contributed by atoms with van der Waals surface area (Å²) in [6.07, 6.45) is 0.165. The van der Waals surface area contributed by atoms with Crippen molar-refractivity contribution >= 4 is 23.5 Å². The molecular formula is C17H16ClNO3. The fraction of sp³-hybridized carbons (Fsp3) is 0.176. The zero-order valence-electron chi connectivity index (χ0n) is 12.1. The van der Waals surface area contributed by atoms with Gasteiger partial charge in [-0.1, -0.05) is 41.4 Å². The number of aryl methyl sites for hydroxylation is 1. The number of carbonyl (C=O) groups is 2. The van der Waals surface area contributed by atoms with Gasteiger partial charge >= 0.3 is 5.97 Å². The summed E-state index contributed by atoms with van der Waals surface area (Å²) in [6.45, 7) is 1.77. The van der Waals surface area contributed by atoms with Gasteiger partial charge in [-0.2, -0.15) is 0 Å². The second-order valence-electron chi connectivity index (χ2n) is 4.87. The van der Waals surface area contributed by atoms with Crippen molar-refractivity contribution in [3.05, 3.63) is 64.7 Å². The number of hydrogen-bond acceptors (Lipinski definition) is 3. The summed E-state index contributed by atoms with van der Waals surface area (Å²) in [5, 5.41) is 3.10. The highest BCUT2D eigenvalue weighted by molar-refractivity contribution is 6.30. The Balaban J connectivity index is 1.78. The normalized spacial score (nSPS) is 10.1. The molecule has 0 spiro atoms. The summed E-state index contributed by atoms with van der Waals surface area (Å²) in [7, 11) is 0. The lowest BCUT2D eigenvalue weighted by atomic mass is 10.1. The average Bonchev–Trinajstić information content (AvgIpc) is 2.48. The molecule has 114 valence electrons. The standard InChI is InChI=1S/C17H16ClNO3/c1-12-5-7-15(8-6-12)22-17(21)11-19-16(20)10-13-3-2-4-14(18)9-13/h2-9H,10-11H2,1H3,(H,19,20). The highest BCUT2D eigenvalue weighted by atomic mass is 35.5. The molecule has 0 bridgehead atoms. The van der Waals surface area contributed by atoms with Crippen LogP contribution in [0.3, 0.4) is 0 Å². The van der Waals surface area contributed by atoms with Crippen LogP contribution in [0.4, 0.5) is 0 Å². The number of ether oxygens (including phenoxy) is 1. The summed E-state index contributed by atoms with van der Waals surface area (Å²) in [5.41, 5.74) is 1.87.